The summed E-state index contributed by atoms with van der Waals surface area (Å²) < 4.78 is 6.06. The lowest BCUT2D eigenvalue weighted by molar-refractivity contribution is 0.349. The maximum Gasteiger partial charge on any atom is 0.150 e. The second-order valence-electron chi connectivity index (χ2n) is 6.14. The number of rotatable bonds is 3. The zero-order chi connectivity index (χ0) is 16.4. The third-order valence-electron chi connectivity index (χ3n) is 4.44. The van der Waals surface area contributed by atoms with Crippen LogP contribution in [0.1, 0.15) is 18.4 Å². The fourth-order valence-electron chi connectivity index (χ4n) is 3.18. The van der Waals surface area contributed by atoms with Gasteiger partial charge in [-0.05, 0) is 56.3 Å². The average molecular weight is 342 g/mol. The summed E-state index contributed by atoms with van der Waals surface area (Å²) in [4.78, 5) is 7.28. The molecule has 2 aromatic carbocycles. The summed E-state index contributed by atoms with van der Waals surface area (Å²) in [5, 5.41) is 4.09. The third-order valence-corrected chi connectivity index (χ3v) is 4.68. The highest BCUT2D eigenvalue weighted by Gasteiger charge is 2.19. The number of nitrogens with one attached hydrogen (secondary N) is 1. The Hall–Kier alpha value is -2.04. The zero-order valence-corrected chi connectivity index (χ0v) is 14.2. The van der Waals surface area contributed by atoms with Crippen molar-refractivity contribution in [1.82, 2.24) is 4.90 Å². The zero-order valence-electron chi connectivity index (χ0n) is 13.5. The van der Waals surface area contributed by atoms with Crippen molar-refractivity contribution >= 4 is 23.1 Å². The minimum Gasteiger partial charge on any atom is -0.454 e. The van der Waals surface area contributed by atoms with Crippen molar-refractivity contribution in [3.63, 3.8) is 0 Å². The molecule has 0 unspecified atom stereocenters. The Morgan fingerprint density at radius 1 is 1.08 bits per heavy atom. The van der Waals surface area contributed by atoms with Gasteiger partial charge in [-0.15, -0.1) is 0 Å². The number of nitrogens with zero attached hydrogens (tertiary/aromatic N) is 2. The average Bonchev–Trinajstić information content (AvgIpc) is 3.05. The molecule has 1 N–H and O–H groups in total. The van der Waals surface area contributed by atoms with Gasteiger partial charge in [0.2, 0.25) is 0 Å². The van der Waals surface area contributed by atoms with Crippen molar-refractivity contribution < 1.29 is 4.74 Å². The van der Waals surface area contributed by atoms with E-state index in [1.165, 1.54) is 25.9 Å². The molecule has 1 fully saturated rings. The minimum absolute atomic E-state index is 0.678. The molecule has 0 amide bonds. The highest BCUT2D eigenvalue weighted by atomic mass is 35.5. The molecule has 0 spiro atoms. The molecule has 2 aliphatic heterocycles. The Morgan fingerprint density at radius 3 is 2.79 bits per heavy atom. The number of anilines is 1. The van der Waals surface area contributed by atoms with Crippen molar-refractivity contribution in [2.75, 3.05) is 31.5 Å². The molecular formula is C19H20ClN3O. The van der Waals surface area contributed by atoms with Gasteiger partial charge in [-0.1, -0.05) is 23.7 Å². The summed E-state index contributed by atoms with van der Waals surface area (Å²) >= 11 is 6.20. The van der Waals surface area contributed by atoms with E-state index in [9.17, 15) is 0 Å². The lowest BCUT2D eigenvalue weighted by Gasteiger charge is -2.14. The number of likely N-dealkylation sites (tertiary alicyclic amines) is 1. The number of ether oxygens (including phenoxy) is 1. The number of halogens is 1. The topological polar surface area (TPSA) is 36.9 Å². The number of aliphatic imine (C=N–C) groups is 1. The molecule has 0 aromatic heterocycles. The van der Waals surface area contributed by atoms with Gasteiger partial charge in [0.05, 0.1) is 17.8 Å². The second-order valence-corrected chi connectivity index (χ2v) is 6.58. The fraction of sp³-hybridized carbons (Fsp3) is 0.316. The lowest BCUT2D eigenvalue weighted by Crippen LogP contribution is -2.23. The van der Waals surface area contributed by atoms with Crippen molar-refractivity contribution in [3.8, 4) is 11.5 Å². The van der Waals surface area contributed by atoms with Gasteiger partial charge in [0, 0.05) is 11.6 Å². The van der Waals surface area contributed by atoms with Crippen molar-refractivity contribution in [2.45, 2.75) is 12.8 Å². The van der Waals surface area contributed by atoms with Gasteiger partial charge < -0.3 is 15.0 Å². The van der Waals surface area contributed by atoms with Gasteiger partial charge in [-0.2, -0.15) is 0 Å². The number of hydrogen-bond donors (Lipinski definition) is 1. The Bertz CT molecular complexity index is 769. The van der Waals surface area contributed by atoms with Crippen LogP contribution in [-0.2, 0) is 0 Å². The minimum atomic E-state index is 0.678. The fourth-order valence-corrected chi connectivity index (χ4v) is 3.35. The van der Waals surface area contributed by atoms with E-state index in [4.69, 9.17) is 21.3 Å². The first kappa shape index (κ1) is 15.5. The van der Waals surface area contributed by atoms with Crippen LogP contribution >= 0.6 is 11.6 Å². The van der Waals surface area contributed by atoms with Crippen LogP contribution in [0.25, 0.3) is 0 Å². The Morgan fingerprint density at radius 2 is 1.92 bits per heavy atom. The molecular weight excluding hydrogens is 322 g/mol. The summed E-state index contributed by atoms with van der Waals surface area (Å²) in [6.45, 7) is 4.12. The van der Waals surface area contributed by atoms with E-state index in [2.05, 4.69) is 10.2 Å². The molecule has 124 valence electrons. The highest BCUT2D eigenvalue weighted by molar-refractivity contribution is 6.31. The number of hydrogen-bond acceptors (Lipinski definition) is 3. The van der Waals surface area contributed by atoms with Crippen LogP contribution < -0.4 is 10.1 Å². The number of para-hydroxylation sites is 2. The smallest absolute Gasteiger partial charge is 0.150 e. The van der Waals surface area contributed by atoms with Gasteiger partial charge >= 0.3 is 0 Å². The normalized spacial score (nSPS) is 18.5. The molecule has 4 rings (SSSR count). The first-order valence-electron chi connectivity index (χ1n) is 8.40. The monoisotopic (exact) mass is 341 g/mol. The predicted octanol–water partition coefficient (Wildman–Crippen LogP) is 4.40. The van der Waals surface area contributed by atoms with Crippen LogP contribution in [0.15, 0.2) is 47.5 Å². The molecule has 4 nitrogen and oxygen atoms in total. The van der Waals surface area contributed by atoms with Crippen LogP contribution in [-0.4, -0.2) is 36.9 Å². The predicted molar refractivity (Wildman–Crippen MR) is 98.7 cm³/mol. The van der Waals surface area contributed by atoms with Crippen molar-refractivity contribution in [3.05, 3.63) is 53.1 Å². The summed E-state index contributed by atoms with van der Waals surface area (Å²) in [5.41, 5.74) is 1.82. The van der Waals surface area contributed by atoms with E-state index >= 15 is 0 Å². The maximum atomic E-state index is 6.20. The largest absolute Gasteiger partial charge is 0.454 e. The SMILES string of the molecule is Clc1ccc2c(c1)C(=NCCN1CCCC1)Nc1ccccc1O2. The summed E-state index contributed by atoms with van der Waals surface area (Å²) in [5.74, 6) is 2.39. The molecule has 2 aromatic rings. The van der Waals surface area contributed by atoms with Crippen molar-refractivity contribution in [2.24, 2.45) is 4.99 Å². The van der Waals surface area contributed by atoms with E-state index in [1.807, 2.05) is 42.5 Å². The quantitative estimate of drug-likeness (QED) is 0.899. The van der Waals surface area contributed by atoms with E-state index < -0.39 is 0 Å². The molecule has 0 bridgehead atoms. The van der Waals surface area contributed by atoms with Crippen LogP contribution in [0.5, 0.6) is 11.5 Å². The number of benzene rings is 2. The molecule has 24 heavy (non-hydrogen) atoms. The number of amidine groups is 1. The molecule has 2 heterocycles. The molecule has 0 saturated carbocycles. The van der Waals surface area contributed by atoms with Crippen molar-refractivity contribution in [1.29, 1.82) is 0 Å². The molecule has 0 aliphatic carbocycles. The Kier molecular flexibility index (Phi) is 4.41. The standard InChI is InChI=1S/C19H20ClN3O/c20-14-7-8-17-15(13-14)19(21-9-12-23-10-3-4-11-23)22-16-5-1-2-6-18(16)24-17/h1-2,5-8,13H,3-4,9-12H2,(H,21,22). The van der Waals surface area contributed by atoms with Crippen LogP contribution in [0, 0.1) is 0 Å². The van der Waals surface area contributed by atoms with Gasteiger partial charge in [0.1, 0.15) is 11.6 Å². The lowest BCUT2D eigenvalue weighted by atomic mass is 10.2. The van der Waals surface area contributed by atoms with E-state index in [0.29, 0.717) is 5.02 Å². The number of fused-ring (bicyclic) bond motifs is 2. The van der Waals surface area contributed by atoms with Gasteiger partial charge in [0.25, 0.3) is 0 Å². The summed E-state index contributed by atoms with van der Waals surface area (Å²) in [7, 11) is 0. The second kappa shape index (κ2) is 6.83. The maximum absolute atomic E-state index is 6.20. The third kappa shape index (κ3) is 3.25. The first-order chi connectivity index (χ1) is 11.8. The molecule has 5 heteroatoms. The highest BCUT2D eigenvalue weighted by Crippen LogP contribution is 2.36. The molecule has 0 radical (unpaired) electrons. The first-order valence-corrected chi connectivity index (χ1v) is 8.78. The summed E-state index contributed by atoms with van der Waals surface area (Å²) in [6, 6.07) is 13.6. The van der Waals surface area contributed by atoms with Gasteiger partial charge in [0.15, 0.2) is 5.75 Å². The van der Waals surface area contributed by atoms with Gasteiger partial charge in [-0.25, -0.2) is 0 Å². The van der Waals surface area contributed by atoms with E-state index in [0.717, 1.165) is 41.7 Å². The van der Waals surface area contributed by atoms with E-state index in [1.54, 1.807) is 0 Å². The molecule has 2 aliphatic rings. The molecule has 0 atom stereocenters. The van der Waals surface area contributed by atoms with Gasteiger partial charge in [-0.3, -0.25) is 4.99 Å². The van der Waals surface area contributed by atoms with Crippen LogP contribution in [0.3, 0.4) is 0 Å². The van der Waals surface area contributed by atoms with E-state index in [-0.39, 0.29) is 0 Å². The van der Waals surface area contributed by atoms with Crippen LogP contribution in [0.4, 0.5) is 5.69 Å². The summed E-state index contributed by atoms with van der Waals surface area (Å²) in [6.07, 6.45) is 2.60. The van der Waals surface area contributed by atoms with Crippen LogP contribution in [0.2, 0.25) is 5.02 Å². The Balaban J connectivity index is 1.64. The molecule has 1 saturated heterocycles. The Labute approximate surface area is 147 Å².